The van der Waals surface area contributed by atoms with Crippen LogP contribution in [0.1, 0.15) is 10.4 Å². The molecule has 1 aromatic heterocycles. The highest BCUT2D eigenvalue weighted by Crippen LogP contribution is 2.49. The Morgan fingerprint density at radius 2 is 1.94 bits per heavy atom. The molecule has 0 N–H and O–H groups in total. The smallest absolute Gasteiger partial charge is 0.226 e. The number of thiophene rings is 1. The van der Waals surface area contributed by atoms with Crippen LogP contribution in [0.4, 0.5) is 0 Å². The fourth-order valence-electron chi connectivity index (χ4n) is 1.51. The van der Waals surface area contributed by atoms with Crippen LogP contribution >= 0.6 is 22.2 Å². The van der Waals surface area contributed by atoms with E-state index in [9.17, 15) is 9.81 Å². The van der Waals surface area contributed by atoms with E-state index in [-0.39, 0.29) is 0 Å². The Labute approximate surface area is 109 Å². The molecular formula is C11H8N2OS3. The zero-order valence-electron chi connectivity index (χ0n) is 8.88. The van der Waals surface area contributed by atoms with Gasteiger partial charge in [-0.15, -0.1) is 0 Å². The van der Waals surface area contributed by atoms with E-state index in [0.29, 0.717) is 14.6 Å². The van der Waals surface area contributed by atoms with Crippen molar-refractivity contribution in [2.75, 3.05) is 6.26 Å². The van der Waals surface area contributed by atoms with Crippen LogP contribution in [-0.2, 0) is 11.2 Å². The second-order valence-corrected chi connectivity index (χ2v) is 7.66. The second kappa shape index (κ2) is 4.99. The van der Waals surface area contributed by atoms with E-state index in [0.717, 1.165) is 4.90 Å². The van der Waals surface area contributed by atoms with Crippen molar-refractivity contribution < 1.29 is 4.55 Å². The van der Waals surface area contributed by atoms with Gasteiger partial charge in [0.1, 0.15) is 28.8 Å². The fourth-order valence-corrected chi connectivity index (χ4v) is 5.62. The molecule has 0 fully saturated rings. The van der Waals surface area contributed by atoms with Crippen LogP contribution in [0.25, 0.3) is 0 Å². The van der Waals surface area contributed by atoms with E-state index in [1.54, 1.807) is 0 Å². The summed E-state index contributed by atoms with van der Waals surface area (Å²) >= 11 is -0.0541. The van der Waals surface area contributed by atoms with E-state index in [1.165, 1.54) is 17.6 Å². The maximum atomic E-state index is 11.6. The van der Waals surface area contributed by atoms with Crippen LogP contribution in [0.15, 0.2) is 32.1 Å². The molecule has 17 heavy (non-hydrogen) atoms. The molecule has 1 atom stereocenters. The number of hydrogen-bond donors (Lipinski definition) is 1. The lowest BCUT2D eigenvalue weighted by molar-refractivity contribution is 0.602. The highest BCUT2D eigenvalue weighted by Gasteiger charge is 2.26. The van der Waals surface area contributed by atoms with E-state index in [2.05, 4.69) is 12.1 Å². The van der Waals surface area contributed by atoms with E-state index >= 15 is 0 Å². The van der Waals surface area contributed by atoms with Crippen molar-refractivity contribution in [1.82, 2.24) is 0 Å². The summed E-state index contributed by atoms with van der Waals surface area (Å²) in [5, 5.41) is 22.3. The monoisotopic (exact) mass is 280 g/mol. The lowest BCUT2D eigenvalue weighted by atomic mass is 10.3. The minimum absolute atomic E-state index is 0.426. The molecule has 0 aromatic carbocycles. The van der Waals surface area contributed by atoms with Crippen molar-refractivity contribution in [1.29, 1.82) is 10.5 Å². The van der Waals surface area contributed by atoms with Gasteiger partial charge in [0.25, 0.3) is 0 Å². The van der Waals surface area contributed by atoms with Crippen molar-refractivity contribution in [2.45, 2.75) is 9.10 Å². The fraction of sp³-hybridized carbons (Fsp3) is 0.0909. The summed E-state index contributed by atoms with van der Waals surface area (Å²) in [5.74, 6) is 0. The highest BCUT2D eigenvalue weighted by molar-refractivity contribution is 8.22. The summed E-state index contributed by atoms with van der Waals surface area (Å²) < 4.78 is 12.1. The van der Waals surface area contributed by atoms with Gasteiger partial charge in [-0.05, 0) is 22.0 Å². The Hall–Kier alpha value is -1.18. The normalized spacial score (nSPS) is 16.8. The average Bonchev–Trinajstić information content (AvgIpc) is 2.94. The first kappa shape index (κ1) is 12.3. The first-order valence-electron chi connectivity index (χ1n) is 4.62. The lowest BCUT2D eigenvalue weighted by Crippen LogP contribution is -1.96. The van der Waals surface area contributed by atoms with Gasteiger partial charge in [0.15, 0.2) is 0 Å². The molecule has 0 radical (unpaired) electrons. The maximum Gasteiger partial charge on any atom is 0.226 e. The molecule has 2 rings (SSSR count). The SMILES string of the molecule is C[S+]([O-])c1sc(C#N)c([SH]2C=CC=C2)c1C#N. The molecule has 1 aliphatic rings. The first-order valence-corrected chi connectivity index (χ1v) is 8.48. The van der Waals surface area contributed by atoms with Crippen LogP contribution in [0.2, 0.25) is 0 Å². The molecule has 0 saturated carbocycles. The van der Waals surface area contributed by atoms with Crippen LogP contribution < -0.4 is 0 Å². The van der Waals surface area contributed by atoms with Crippen LogP contribution in [0.5, 0.6) is 0 Å². The first-order chi connectivity index (χ1) is 8.19. The minimum atomic E-state index is -1.22. The van der Waals surface area contributed by atoms with Crippen molar-refractivity contribution in [3.05, 3.63) is 33.4 Å². The maximum absolute atomic E-state index is 11.6. The molecule has 0 aliphatic carbocycles. The molecule has 1 aromatic rings. The van der Waals surface area contributed by atoms with Gasteiger partial charge in [-0.2, -0.15) is 21.4 Å². The van der Waals surface area contributed by atoms with Gasteiger partial charge in [-0.25, -0.2) is 0 Å². The molecular weight excluding hydrogens is 272 g/mol. The zero-order valence-corrected chi connectivity index (χ0v) is 11.4. The third-order valence-electron chi connectivity index (χ3n) is 2.19. The number of nitrogens with zero attached hydrogens (tertiary/aromatic N) is 2. The summed E-state index contributed by atoms with van der Waals surface area (Å²) in [5.41, 5.74) is 0.426. The van der Waals surface area contributed by atoms with Crippen molar-refractivity contribution in [3.8, 4) is 12.1 Å². The predicted molar refractivity (Wildman–Crippen MR) is 71.6 cm³/mol. The lowest BCUT2D eigenvalue weighted by Gasteiger charge is -2.09. The number of thiol groups is 1. The van der Waals surface area contributed by atoms with E-state index in [4.69, 9.17) is 5.26 Å². The Morgan fingerprint density at radius 1 is 1.29 bits per heavy atom. The molecule has 2 heterocycles. The predicted octanol–water partition coefficient (Wildman–Crippen LogP) is 2.63. The van der Waals surface area contributed by atoms with E-state index < -0.39 is 22.1 Å². The van der Waals surface area contributed by atoms with E-state index in [1.807, 2.05) is 23.0 Å². The van der Waals surface area contributed by atoms with Crippen LogP contribution in [0, 0.1) is 22.7 Å². The Balaban J connectivity index is 2.64. The summed E-state index contributed by atoms with van der Waals surface area (Å²) in [6, 6.07) is 4.20. The van der Waals surface area contributed by atoms with Crippen molar-refractivity contribution >= 4 is 33.4 Å². The minimum Gasteiger partial charge on any atom is -0.611 e. The Bertz CT molecular complexity index is 575. The third kappa shape index (κ3) is 2.13. The average molecular weight is 280 g/mol. The highest BCUT2D eigenvalue weighted by atomic mass is 32.2. The topological polar surface area (TPSA) is 70.6 Å². The Morgan fingerprint density at radius 3 is 2.41 bits per heavy atom. The second-order valence-electron chi connectivity index (χ2n) is 3.21. The Kier molecular flexibility index (Phi) is 3.60. The molecule has 86 valence electrons. The molecule has 1 aliphatic heterocycles. The third-order valence-corrected chi connectivity index (χ3v) is 6.86. The van der Waals surface area contributed by atoms with Gasteiger partial charge in [0, 0.05) is 4.90 Å². The standard InChI is InChI=1S/C11H8N2OS3/c1-16(14)11-8(6-12)10(9(7-13)15-11)17-4-2-3-5-17/h2-5,17H,1H3. The van der Waals surface area contributed by atoms with Crippen molar-refractivity contribution in [3.63, 3.8) is 0 Å². The molecule has 0 spiro atoms. The summed E-state index contributed by atoms with van der Waals surface area (Å²) in [4.78, 5) is 1.26. The largest absolute Gasteiger partial charge is 0.611 e. The van der Waals surface area contributed by atoms with Gasteiger partial charge in [0.05, 0.1) is 0 Å². The van der Waals surface area contributed by atoms with Gasteiger partial charge >= 0.3 is 0 Å². The number of nitriles is 2. The van der Waals surface area contributed by atoms with Gasteiger partial charge < -0.3 is 4.55 Å². The molecule has 0 bridgehead atoms. The van der Waals surface area contributed by atoms with Gasteiger partial charge in [0.2, 0.25) is 4.21 Å². The molecule has 0 saturated heterocycles. The molecule has 0 amide bonds. The number of rotatable bonds is 2. The molecule has 3 nitrogen and oxygen atoms in total. The summed E-state index contributed by atoms with van der Waals surface area (Å²) in [6.45, 7) is 0. The number of allylic oxidation sites excluding steroid dienone is 2. The zero-order chi connectivity index (χ0) is 12.4. The summed E-state index contributed by atoms with van der Waals surface area (Å²) in [7, 11) is -0.728. The van der Waals surface area contributed by atoms with Crippen LogP contribution in [0.3, 0.4) is 0 Å². The summed E-state index contributed by atoms with van der Waals surface area (Å²) in [6.07, 6.45) is 5.35. The quantitative estimate of drug-likeness (QED) is 0.668. The van der Waals surface area contributed by atoms with Gasteiger partial charge in [-0.1, -0.05) is 23.5 Å². The van der Waals surface area contributed by atoms with Gasteiger partial charge in [-0.3, -0.25) is 0 Å². The molecule has 1 unspecified atom stereocenters. The van der Waals surface area contributed by atoms with Crippen LogP contribution in [-0.4, -0.2) is 10.8 Å². The number of hydrogen-bond acceptors (Lipinski definition) is 4. The van der Waals surface area contributed by atoms with Crippen molar-refractivity contribution in [2.24, 2.45) is 0 Å². The molecule has 6 heteroatoms.